The van der Waals surface area contributed by atoms with Crippen LogP contribution in [0.5, 0.6) is 0 Å². The molecule has 0 heterocycles. The molecule has 0 saturated heterocycles. The van der Waals surface area contributed by atoms with Crippen LogP contribution in [0, 0.1) is 6.92 Å². The summed E-state index contributed by atoms with van der Waals surface area (Å²) in [7, 11) is 0. The van der Waals surface area contributed by atoms with E-state index in [4.69, 9.17) is 0 Å². The van der Waals surface area contributed by atoms with Crippen molar-refractivity contribution in [2.45, 2.75) is 33.1 Å². The fraction of sp³-hybridized carbons (Fsp3) is 0.455. The van der Waals surface area contributed by atoms with E-state index >= 15 is 0 Å². The van der Waals surface area contributed by atoms with E-state index in [2.05, 4.69) is 61.9 Å². The minimum absolute atomic E-state index is 0.244. The Morgan fingerprint density at radius 1 is 1.17 bits per heavy atom. The SMILES string of the molecule is Cc1ccc(C(C)(C)C)c([Se])c1. The molecule has 0 fully saturated rings. The van der Waals surface area contributed by atoms with E-state index in [1.54, 1.807) is 0 Å². The van der Waals surface area contributed by atoms with Crippen molar-refractivity contribution in [3.63, 3.8) is 0 Å². The van der Waals surface area contributed by atoms with Crippen molar-refractivity contribution in [2.75, 3.05) is 0 Å². The average Bonchev–Trinajstić information content (AvgIpc) is 1.83. The third-order valence-corrected chi connectivity index (χ3v) is 2.65. The van der Waals surface area contributed by atoms with Gasteiger partial charge in [-0.15, -0.1) is 0 Å². The van der Waals surface area contributed by atoms with Crippen LogP contribution in [0.3, 0.4) is 0 Å². The van der Waals surface area contributed by atoms with Crippen molar-refractivity contribution in [2.24, 2.45) is 0 Å². The van der Waals surface area contributed by atoms with Crippen LogP contribution >= 0.6 is 0 Å². The van der Waals surface area contributed by atoms with Gasteiger partial charge in [-0.05, 0) is 0 Å². The Balaban J connectivity index is 3.19. The first-order valence-corrected chi connectivity index (χ1v) is 5.05. The Kier molecular flexibility index (Phi) is 2.65. The van der Waals surface area contributed by atoms with Gasteiger partial charge in [0.05, 0.1) is 0 Å². The van der Waals surface area contributed by atoms with Gasteiger partial charge in [0.2, 0.25) is 0 Å². The third kappa shape index (κ3) is 2.12. The molecule has 0 atom stereocenters. The Morgan fingerprint density at radius 2 is 1.75 bits per heavy atom. The van der Waals surface area contributed by atoms with Gasteiger partial charge in [-0.2, -0.15) is 0 Å². The van der Waals surface area contributed by atoms with E-state index < -0.39 is 0 Å². The number of benzene rings is 1. The van der Waals surface area contributed by atoms with Crippen molar-refractivity contribution < 1.29 is 0 Å². The van der Waals surface area contributed by atoms with Crippen LogP contribution in [0.15, 0.2) is 18.2 Å². The molecule has 1 radical (unpaired) electrons. The van der Waals surface area contributed by atoms with Gasteiger partial charge in [0.25, 0.3) is 0 Å². The van der Waals surface area contributed by atoms with Crippen molar-refractivity contribution in [1.29, 1.82) is 0 Å². The molecule has 1 heteroatoms. The molecule has 0 nitrogen and oxygen atoms in total. The monoisotopic (exact) mass is 227 g/mol. The summed E-state index contributed by atoms with van der Waals surface area (Å²) in [4.78, 5) is 0. The molecule has 0 bridgehead atoms. The van der Waals surface area contributed by atoms with Crippen molar-refractivity contribution in [3.05, 3.63) is 29.3 Å². The van der Waals surface area contributed by atoms with E-state index in [1.807, 2.05) is 0 Å². The molecule has 1 rings (SSSR count). The van der Waals surface area contributed by atoms with Crippen LogP contribution in [-0.4, -0.2) is 16.0 Å². The summed E-state index contributed by atoms with van der Waals surface area (Å²) in [6.07, 6.45) is 0. The van der Waals surface area contributed by atoms with E-state index in [9.17, 15) is 0 Å². The Bertz CT molecular complexity index is 282. The molecule has 0 saturated carbocycles. The summed E-state index contributed by atoms with van der Waals surface area (Å²) >= 11 is 3.12. The molecular formula is C11H15Se. The van der Waals surface area contributed by atoms with Gasteiger partial charge in [-0.25, -0.2) is 0 Å². The molecule has 12 heavy (non-hydrogen) atoms. The van der Waals surface area contributed by atoms with E-state index in [-0.39, 0.29) is 5.41 Å². The predicted molar refractivity (Wildman–Crippen MR) is 55.3 cm³/mol. The van der Waals surface area contributed by atoms with Crippen molar-refractivity contribution >= 4 is 20.5 Å². The maximum atomic E-state index is 3.12. The molecule has 0 unspecified atom stereocenters. The van der Waals surface area contributed by atoms with E-state index in [0.29, 0.717) is 0 Å². The fourth-order valence-electron chi connectivity index (χ4n) is 1.25. The molecule has 0 aliphatic heterocycles. The van der Waals surface area contributed by atoms with Gasteiger partial charge >= 0.3 is 82.9 Å². The van der Waals surface area contributed by atoms with Crippen LogP contribution in [0.4, 0.5) is 0 Å². The number of rotatable bonds is 0. The van der Waals surface area contributed by atoms with Crippen molar-refractivity contribution in [1.82, 2.24) is 0 Å². The van der Waals surface area contributed by atoms with E-state index in [0.717, 1.165) is 0 Å². The van der Waals surface area contributed by atoms with Crippen LogP contribution in [0.25, 0.3) is 0 Å². The number of hydrogen-bond donors (Lipinski definition) is 0. The maximum absolute atomic E-state index is 3.12. The Hall–Kier alpha value is -0.261. The van der Waals surface area contributed by atoms with Crippen molar-refractivity contribution in [3.8, 4) is 0 Å². The molecule has 1 aromatic rings. The third-order valence-electron chi connectivity index (χ3n) is 1.95. The Labute approximate surface area is 83.2 Å². The summed E-state index contributed by atoms with van der Waals surface area (Å²) in [5, 5.41) is 0. The van der Waals surface area contributed by atoms with Crippen LogP contribution in [-0.2, 0) is 5.41 Å². The van der Waals surface area contributed by atoms with Crippen LogP contribution in [0.2, 0.25) is 0 Å². The molecule has 0 aliphatic rings. The van der Waals surface area contributed by atoms with Gasteiger partial charge < -0.3 is 0 Å². The minimum atomic E-state index is 0.244. The molecule has 65 valence electrons. The van der Waals surface area contributed by atoms with Gasteiger partial charge in [0.1, 0.15) is 0 Å². The average molecular weight is 226 g/mol. The summed E-state index contributed by atoms with van der Waals surface area (Å²) in [6, 6.07) is 6.57. The van der Waals surface area contributed by atoms with Crippen LogP contribution < -0.4 is 4.46 Å². The first-order chi connectivity index (χ1) is 5.41. The molecule has 0 aromatic heterocycles. The molecule has 0 N–H and O–H groups in total. The van der Waals surface area contributed by atoms with Gasteiger partial charge in [-0.3, -0.25) is 0 Å². The van der Waals surface area contributed by atoms with Gasteiger partial charge in [0.15, 0.2) is 0 Å². The zero-order valence-corrected chi connectivity index (χ0v) is 9.85. The zero-order valence-electron chi connectivity index (χ0n) is 8.14. The summed E-state index contributed by atoms with van der Waals surface area (Å²) in [6.45, 7) is 8.82. The molecule has 0 aliphatic carbocycles. The van der Waals surface area contributed by atoms with Gasteiger partial charge in [-0.1, -0.05) is 0 Å². The molecule has 1 aromatic carbocycles. The summed E-state index contributed by atoms with van der Waals surface area (Å²) in [5.41, 5.74) is 2.96. The van der Waals surface area contributed by atoms with E-state index in [1.165, 1.54) is 15.6 Å². The first kappa shape index (κ1) is 9.82. The normalized spacial score (nSPS) is 11.7. The topological polar surface area (TPSA) is 0 Å². The predicted octanol–water partition coefficient (Wildman–Crippen LogP) is 2.09. The van der Waals surface area contributed by atoms with Crippen LogP contribution in [0.1, 0.15) is 31.9 Å². The fourth-order valence-corrected chi connectivity index (χ4v) is 2.42. The van der Waals surface area contributed by atoms with Gasteiger partial charge in [0, 0.05) is 0 Å². The second-order valence-corrected chi connectivity index (χ2v) is 5.17. The standard InChI is InChI=1S/C11H15Se/c1-8-5-6-9(10(12)7-8)11(2,3)4/h5-7H,1-4H3. The molecule has 0 spiro atoms. The quantitative estimate of drug-likeness (QED) is 0.594. The summed E-state index contributed by atoms with van der Waals surface area (Å²) < 4.78 is 1.28. The number of aryl methyl sites for hydroxylation is 1. The first-order valence-electron chi connectivity index (χ1n) is 4.19. The second kappa shape index (κ2) is 3.24. The second-order valence-electron chi connectivity index (χ2n) is 4.25. The number of hydrogen-bond acceptors (Lipinski definition) is 0. The summed E-state index contributed by atoms with van der Waals surface area (Å²) in [5.74, 6) is 0. The molecule has 0 amide bonds. The molecular weight excluding hydrogens is 211 g/mol. The zero-order chi connectivity index (χ0) is 9.35. The Morgan fingerprint density at radius 3 is 2.17 bits per heavy atom.